The summed E-state index contributed by atoms with van der Waals surface area (Å²) in [6.07, 6.45) is 4.53. The van der Waals surface area contributed by atoms with Gasteiger partial charge in [0.15, 0.2) is 0 Å². The van der Waals surface area contributed by atoms with Gasteiger partial charge in [-0.25, -0.2) is 23.1 Å². The van der Waals surface area contributed by atoms with Crippen LogP contribution in [0.15, 0.2) is 47.6 Å². The van der Waals surface area contributed by atoms with Gasteiger partial charge in [-0.2, -0.15) is 0 Å². The van der Waals surface area contributed by atoms with Crippen LogP contribution in [-0.2, 0) is 14.8 Å². The van der Waals surface area contributed by atoms with E-state index in [1.165, 1.54) is 24.5 Å². The molecule has 1 aromatic heterocycles. The van der Waals surface area contributed by atoms with Crippen LogP contribution < -0.4 is 10.0 Å². The molecule has 0 radical (unpaired) electrons. The summed E-state index contributed by atoms with van der Waals surface area (Å²) in [4.78, 5) is 19.9. The average molecular weight is 362 g/mol. The van der Waals surface area contributed by atoms with Crippen LogP contribution in [0, 0.1) is 0 Å². The minimum Gasteiger partial charge on any atom is -0.376 e. The van der Waals surface area contributed by atoms with Gasteiger partial charge in [0.1, 0.15) is 0 Å². The summed E-state index contributed by atoms with van der Waals surface area (Å²) < 4.78 is 32.1. The molecule has 1 amide bonds. The first-order chi connectivity index (χ1) is 12.0. The number of amides is 1. The van der Waals surface area contributed by atoms with Crippen LogP contribution in [0.5, 0.6) is 0 Å². The Bertz CT molecular complexity index is 819. The van der Waals surface area contributed by atoms with Gasteiger partial charge >= 0.3 is 0 Å². The lowest BCUT2D eigenvalue weighted by molar-refractivity contribution is 0.0857. The molecule has 2 heterocycles. The Balaban J connectivity index is 1.61. The zero-order valence-electron chi connectivity index (χ0n) is 13.4. The molecule has 1 atom stereocenters. The lowest BCUT2D eigenvalue weighted by Gasteiger charge is -2.11. The molecule has 2 N–H and O–H groups in total. The fourth-order valence-corrected chi connectivity index (χ4v) is 3.37. The lowest BCUT2D eigenvalue weighted by Crippen LogP contribution is -2.31. The molecule has 9 heteroatoms. The highest BCUT2D eigenvalue weighted by Gasteiger charge is 2.18. The van der Waals surface area contributed by atoms with E-state index in [4.69, 9.17) is 4.74 Å². The van der Waals surface area contributed by atoms with Crippen LogP contribution >= 0.6 is 0 Å². The van der Waals surface area contributed by atoms with Crippen LogP contribution in [-0.4, -0.2) is 43.5 Å². The molecule has 0 aliphatic carbocycles. The number of carbonyl (C=O) groups is 1. The summed E-state index contributed by atoms with van der Waals surface area (Å²) in [5.74, 6) is -0.424. The van der Waals surface area contributed by atoms with Gasteiger partial charge in [-0.05, 0) is 25.0 Å². The molecular weight excluding hydrogens is 344 g/mol. The van der Waals surface area contributed by atoms with Gasteiger partial charge in [0.25, 0.3) is 15.9 Å². The molecule has 1 aromatic carbocycles. The van der Waals surface area contributed by atoms with Gasteiger partial charge in [0.05, 0.1) is 16.6 Å². The van der Waals surface area contributed by atoms with Crippen molar-refractivity contribution in [2.45, 2.75) is 23.8 Å². The van der Waals surface area contributed by atoms with Crippen LogP contribution in [0.2, 0.25) is 0 Å². The third kappa shape index (κ3) is 4.52. The van der Waals surface area contributed by atoms with Gasteiger partial charge < -0.3 is 10.1 Å². The molecular formula is C16H18N4O4S. The van der Waals surface area contributed by atoms with Crippen molar-refractivity contribution in [3.63, 3.8) is 0 Å². The topological polar surface area (TPSA) is 110 Å². The van der Waals surface area contributed by atoms with Crippen molar-refractivity contribution in [2.75, 3.05) is 17.9 Å². The third-order valence-electron chi connectivity index (χ3n) is 3.71. The number of ether oxygens (including phenoxy) is 1. The number of aromatic nitrogens is 2. The van der Waals surface area contributed by atoms with Crippen molar-refractivity contribution in [3.05, 3.63) is 48.3 Å². The summed E-state index contributed by atoms with van der Waals surface area (Å²) in [7, 11) is -3.76. The van der Waals surface area contributed by atoms with E-state index in [0.29, 0.717) is 6.54 Å². The number of nitrogens with zero attached hydrogens (tertiary/aromatic N) is 2. The number of rotatable bonds is 6. The molecule has 1 unspecified atom stereocenters. The standard InChI is InChI=1S/C16H18N4O4S/c21-15(17-11-13-5-4-8-24-13)12-9-18-16(19-10-12)20-25(22,23)14-6-2-1-3-7-14/h1-3,6-7,9-10,13H,4-5,8,11H2,(H,17,21)(H,18,19,20). The highest BCUT2D eigenvalue weighted by Crippen LogP contribution is 2.13. The van der Waals surface area contributed by atoms with E-state index in [0.717, 1.165) is 19.4 Å². The Kier molecular flexibility index (Phi) is 5.25. The molecule has 2 aromatic rings. The van der Waals surface area contributed by atoms with Gasteiger partial charge in [0, 0.05) is 25.5 Å². The number of carbonyl (C=O) groups excluding carboxylic acids is 1. The zero-order chi connectivity index (χ0) is 17.7. The lowest BCUT2D eigenvalue weighted by atomic mass is 10.2. The number of hydrogen-bond acceptors (Lipinski definition) is 6. The number of hydrogen-bond donors (Lipinski definition) is 2. The van der Waals surface area contributed by atoms with Crippen LogP contribution in [0.25, 0.3) is 0 Å². The van der Waals surface area contributed by atoms with Crippen molar-refractivity contribution in [3.8, 4) is 0 Å². The molecule has 0 saturated carbocycles. The monoisotopic (exact) mass is 362 g/mol. The van der Waals surface area contributed by atoms with Crippen molar-refractivity contribution in [1.29, 1.82) is 0 Å². The average Bonchev–Trinajstić information content (AvgIpc) is 3.14. The van der Waals surface area contributed by atoms with Crippen molar-refractivity contribution >= 4 is 21.9 Å². The first-order valence-electron chi connectivity index (χ1n) is 7.84. The first kappa shape index (κ1) is 17.3. The Morgan fingerprint density at radius 1 is 1.20 bits per heavy atom. The second-order valence-corrected chi connectivity index (χ2v) is 7.24. The van der Waals surface area contributed by atoms with E-state index in [1.807, 2.05) is 0 Å². The van der Waals surface area contributed by atoms with Gasteiger partial charge in [0.2, 0.25) is 5.95 Å². The Hall–Kier alpha value is -2.52. The fourth-order valence-electron chi connectivity index (χ4n) is 2.39. The van der Waals surface area contributed by atoms with E-state index in [-0.39, 0.29) is 28.4 Å². The Morgan fingerprint density at radius 2 is 1.92 bits per heavy atom. The molecule has 8 nitrogen and oxygen atoms in total. The summed E-state index contributed by atoms with van der Waals surface area (Å²) >= 11 is 0. The zero-order valence-corrected chi connectivity index (χ0v) is 14.2. The largest absolute Gasteiger partial charge is 0.376 e. The second-order valence-electron chi connectivity index (χ2n) is 5.56. The maximum Gasteiger partial charge on any atom is 0.264 e. The molecule has 1 fully saturated rings. The molecule has 132 valence electrons. The molecule has 3 rings (SSSR count). The number of nitrogens with one attached hydrogen (secondary N) is 2. The van der Waals surface area contributed by atoms with E-state index in [2.05, 4.69) is 20.0 Å². The highest BCUT2D eigenvalue weighted by atomic mass is 32.2. The summed E-state index contributed by atoms with van der Waals surface area (Å²) in [5, 5.41) is 2.75. The second kappa shape index (κ2) is 7.58. The minimum absolute atomic E-state index is 0.0434. The van der Waals surface area contributed by atoms with E-state index >= 15 is 0 Å². The molecule has 1 aliphatic rings. The highest BCUT2D eigenvalue weighted by molar-refractivity contribution is 7.92. The Labute approximate surface area is 145 Å². The summed E-state index contributed by atoms with van der Waals surface area (Å²) in [5.41, 5.74) is 0.251. The molecule has 0 spiro atoms. The van der Waals surface area contributed by atoms with Crippen LogP contribution in [0.4, 0.5) is 5.95 Å². The van der Waals surface area contributed by atoms with Gasteiger partial charge in [-0.15, -0.1) is 0 Å². The van der Waals surface area contributed by atoms with Crippen molar-refractivity contribution < 1.29 is 17.9 Å². The fraction of sp³-hybridized carbons (Fsp3) is 0.312. The maximum absolute atomic E-state index is 12.2. The van der Waals surface area contributed by atoms with Crippen molar-refractivity contribution in [2.24, 2.45) is 0 Å². The number of benzene rings is 1. The quantitative estimate of drug-likeness (QED) is 0.799. The Morgan fingerprint density at radius 3 is 2.56 bits per heavy atom. The molecule has 25 heavy (non-hydrogen) atoms. The van der Waals surface area contributed by atoms with E-state index < -0.39 is 10.0 Å². The number of sulfonamides is 1. The SMILES string of the molecule is O=C(NCC1CCCO1)c1cnc(NS(=O)(=O)c2ccccc2)nc1. The van der Waals surface area contributed by atoms with Crippen molar-refractivity contribution in [1.82, 2.24) is 15.3 Å². The van der Waals surface area contributed by atoms with E-state index in [1.54, 1.807) is 18.2 Å². The molecule has 1 saturated heterocycles. The first-order valence-corrected chi connectivity index (χ1v) is 9.32. The predicted octanol–water partition coefficient (Wildman–Crippen LogP) is 1.19. The number of anilines is 1. The normalized spacial score (nSPS) is 17.2. The smallest absolute Gasteiger partial charge is 0.264 e. The molecule has 1 aliphatic heterocycles. The van der Waals surface area contributed by atoms with Gasteiger partial charge in [-0.3, -0.25) is 4.79 Å². The predicted molar refractivity (Wildman–Crippen MR) is 90.6 cm³/mol. The summed E-state index contributed by atoms with van der Waals surface area (Å²) in [6.45, 7) is 1.15. The molecule has 0 bridgehead atoms. The third-order valence-corrected chi connectivity index (χ3v) is 5.05. The van der Waals surface area contributed by atoms with Gasteiger partial charge in [-0.1, -0.05) is 18.2 Å². The van der Waals surface area contributed by atoms with Crippen LogP contribution in [0.1, 0.15) is 23.2 Å². The van der Waals surface area contributed by atoms with Crippen LogP contribution in [0.3, 0.4) is 0 Å². The van der Waals surface area contributed by atoms with E-state index in [9.17, 15) is 13.2 Å². The summed E-state index contributed by atoms with van der Waals surface area (Å²) in [6, 6.07) is 7.90. The maximum atomic E-state index is 12.2. The minimum atomic E-state index is -3.76.